The fourth-order valence-corrected chi connectivity index (χ4v) is 3.14. The van der Waals surface area contributed by atoms with Crippen LogP contribution < -0.4 is 11.1 Å². The third-order valence-corrected chi connectivity index (χ3v) is 4.86. The van der Waals surface area contributed by atoms with Crippen LogP contribution in [0.2, 0.25) is 0 Å². The predicted octanol–water partition coefficient (Wildman–Crippen LogP) is 2.57. The van der Waals surface area contributed by atoms with E-state index in [1.54, 1.807) is 10.7 Å². The van der Waals surface area contributed by atoms with Crippen LogP contribution in [0.15, 0.2) is 66.7 Å². The first-order valence-electron chi connectivity index (χ1n) is 10.0. The number of rotatable bonds is 7. The Hall–Kier alpha value is -3.74. The zero-order chi connectivity index (χ0) is 22.6. The fraction of sp³-hybridized carbons (Fsp3) is 0.250. The summed E-state index contributed by atoms with van der Waals surface area (Å²) >= 11 is 0. The lowest BCUT2D eigenvalue weighted by Gasteiger charge is -2.17. The monoisotopic (exact) mass is 418 g/mol. The second-order valence-electron chi connectivity index (χ2n) is 8.36. The molecule has 0 bridgehead atoms. The molecule has 0 saturated heterocycles. The number of primary amides is 1. The Balaban J connectivity index is 1.97. The molecule has 3 aromatic rings. The molecule has 0 aliphatic carbocycles. The first-order valence-corrected chi connectivity index (χ1v) is 10.0. The number of benzene rings is 2. The van der Waals surface area contributed by atoms with Gasteiger partial charge in [-0.15, -0.1) is 0 Å². The molecule has 31 heavy (non-hydrogen) atoms. The molecule has 160 valence electrons. The molecule has 0 saturated carbocycles. The van der Waals surface area contributed by atoms with Crippen LogP contribution in [0.3, 0.4) is 0 Å². The lowest BCUT2D eigenvalue weighted by atomic mass is 9.92. The highest BCUT2D eigenvalue weighted by molar-refractivity contribution is 6.38. The molecule has 2 aromatic carbocycles. The van der Waals surface area contributed by atoms with Crippen molar-refractivity contribution in [3.63, 3.8) is 0 Å². The topological polar surface area (TPSA) is 107 Å². The van der Waals surface area contributed by atoms with Gasteiger partial charge in [-0.2, -0.15) is 5.10 Å². The van der Waals surface area contributed by atoms with Crippen LogP contribution in [0, 0.1) is 0 Å². The first-order chi connectivity index (χ1) is 14.7. The maximum atomic E-state index is 13.2. The van der Waals surface area contributed by atoms with Crippen molar-refractivity contribution in [3.05, 3.63) is 83.7 Å². The van der Waals surface area contributed by atoms with E-state index in [0.717, 1.165) is 11.3 Å². The fourth-order valence-electron chi connectivity index (χ4n) is 3.14. The van der Waals surface area contributed by atoms with Gasteiger partial charge < -0.3 is 11.1 Å². The summed E-state index contributed by atoms with van der Waals surface area (Å²) < 4.78 is 1.55. The third-order valence-electron chi connectivity index (χ3n) is 4.86. The van der Waals surface area contributed by atoms with Crippen LogP contribution in [0.1, 0.15) is 42.5 Å². The number of aromatic nitrogens is 2. The van der Waals surface area contributed by atoms with Crippen molar-refractivity contribution in [2.45, 2.75) is 38.6 Å². The van der Waals surface area contributed by atoms with Crippen LogP contribution in [0.25, 0.3) is 5.69 Å². The lowest BCUT2D eigenvalue weighted by Crippen LogP contribution is -2.47. The van der Waals surface area contributed by atoms with Gasteiger partial charge in [0, 0.05) is 11.8 Å². The number of hydrogen-bond acceptors (Lipinski definition) is 4. The highest BCUT2D eigenvalue weighted by Gasteiger charge is 2.29. The Labute approximate surface area is 181 Å². The van der Waals surface area contributed by atoms with Gasteiger partial charge in [0.25, 0.3) is 11.8 Å². The molecule has 7 nitrogen and oxygen atoms in total. The molecule has 3 rings (SSSR count). The molecule has 0 fully saturated rings. The Morgan fingerprint density at radius 3 is 2.13 bits per heavy atom. The smallest absolute Gasteiger partial charge is 0.287 e. The largest absolute Gasteiger partial charge is 0.363 e. The standard InChI is InChI=1S/C24H26N4O3/c1-24(2,3)20-15-19(28(27-20)17-12-8-5-9-13-17)23(31)26-18(21(29)22(25)30)14-16-10-6-4-7-11-16/h4-13,15,18H,14H2,1-3H3,(H2,25,30)(H,26,31)/t18-/m0/s1. The molecular weight excluding hydrogens is 392 g/mol. The summed E-state index contributed by atoms with van der Waals surface area (Å²) in [5.41, 5.74) is 7.45. The van der Waals surface area contributed by atoms with E-state index in [1.807, 2.05) is 81.4 Å². The average Bonchev–Trinajstić information content (AvgIpc) is 3.20. The Bertz CT molecular complexity index is 1080. The highest BCUT2D eigenvalue weighted by Crippen LogP contribution is 2.24. The van der Waals surface area contributed by atoms with Crippen molar-refractivity contribution >= 4 is 17.6 Å². The number of carbonyl (C=O) groups excluding carboxylic acids is 3. The maximum absolute atomic E-state index is 13.2. The summed E-state index contributed by atoms with van der Waals surface area (Å²) in [6, 6.07) is 19.0. The zero-order valence-electron chi connectivity index (χ0n) is 17.8. The molecule has 1 heterocycles. The third kappa shape index (κ3) is 5.25. The summed E-state index contributed by atoms with van der Waals surface area (Å²) in [4.78, 5) is 37.2. The summed E-state index contributed by atoms with van der Waals surface area (Å²) in [7, 11) is 0. The lowest BCUT2D eigenvalue weighted by molar-refractivity contribution is -0.137. The molecule has 1 atom stereocenters. The number of hydrogen-bond donors (Lipinski definition) is 2. The molecule has 3 N–H and O–H groups in total. The van der Waals surface area contributed by atoms with E-state index >= 15 is 0 Å². The van der Waals surface area contributed by atoms with Gasteiger partial charge in [0.2, 0.25) is 5.78 Å². The summed E-state index contributed by atoms with van der Waals surface area (Å²) in [5.74, 6) is -2.45. The van der Waals surface area contributed by atoms with Gasteiger partial charge in [-0.25, -0.2) is 4.68 Å². The van der Waals surface area contributed by atoms with Crippen LogP contribution in [-0.4, -0.2) is 33.4 Å². The Morgan fingerprint density at radius 2 is 1.58 bits per heavy atom. The predicted molar refractivity (Wildman–Crippen MR) is 118 cm³/mol. The number of nitrogens with one attached hydrogen (secondary N) is 1. The molecule has 1 aromatic heterocycles. The van der Waals surface area contributed by atoms with E-state index < -0.39 is 23.6 Å². The van der Waals surface area contributed by atoms with Crippen molar-refractivity contribution in [1.82, 2.24) is 15.1 Å². The van der Waals surface area contributed by atoms with Crippen LogP contribution in [0.5, 0.6) is 0 Å². The first kappa shape index (κ1) is 22.0. The van der Waals surface area contributed by atoms with Crippen LogP contribution >= 0.6 is 0 Å². The highest BCUT2D eigenvalue weighted by atomic mass is 16.2. The molecule has 0 aliphatic heterocycles. The average molecular weight is 418 g/mol. The van der Waals surface area contributed by atoms with Crippen LogP contribution in [-0.2, 0) is 21.4 Å². The van der Waals surface area contributed by atoms with Crippen molar-refractivity contribution in [2.75, 3.05) is 0 Å². The number of para-hydroxylation sites is 1. The van der Waals surface area contributed by atoms with Crippen molar-refractivity contribution < 1.29 is 14.4 Å². The van der Waals surface area contributed by atoms with E-state index in [0.29, 0.717) is 5.69 Å². The SMILES string of the molecule is CC(C)(C)c1cc(C(=O)N[C@@H](Cc2ccccc2)C(=O)C(N)=O)n(-c2ccccc2)n1. The van der Waals surface area contributed by atoms with Gasteiger partial charge in [-0.3, -0.25) is 14.4 Å². The Kier molecular flexibility index (Phi) is 6.34. The second kappa shape index (κ2) is 8.95. The summed E-state index contributed by atoms with van der Waals surface area (Å²) in [6.45, 7) is 6.00. The number of carbonyl (C=O) groups is 3. The molecule has 2 amide bonds. The number of nitrogens with two attached hydrogens (primary N) is 1. The number of Topliss-reactive ketones (excluding diaryl/α,β-unsaturated/α-hetero) is 1. The van der Waals surface area contributed by atoms with Crippen molar-refractivity contribution in [1.29, 1.82) is 0 Å². The van der Waals surface area contributed by atoms with Gasteiger partial charge in [0.1, 0.15) is 11.7 Å². The van der Waals surface area contributed by atoms with E-state index in [4.69, 9.17) is 5.73 Å². The van der Waals surface area contributed by atoms with Crippen molar-refractivity contribution in [2.24, 2.45) is 5.73 Å². The number of ketones is 1. The molecule has 0 unspecified atom stereocenters. The van der Waals surface area contributed by atoms with E-state index in [9.17, 15) is 14.4 Å². The minimum absolute atomic E-state index is 0.153. The van der Waals surface area contributed by atoms with Gasteiger partial charge >= 0.3 is 0 Å². The number of nitrogens with zero attached hydrogens (tertiary/aromatic N) is 2. The van der Waals surface area contributed by atoms with Gasteiger partial charge in [0.15, 0.2) is 0 Å². The molecule has 0 spiro atoms. The maximum Gasteiger partial charge on any atom is 0.287 e. The number of amides is 2. The van der Waals surface area contributed by atoms with Crippen molar-refractivity contribution in [3.8, 4) is 5.69 Å². The van der Waals surface area contributed by atoms with Crippen LogP contribution in [0.4, 0.5) is 0 Å². The summed E-state index contributed by atoms with van der Waals surface area (Å²) in [5, 5.41) is 7.31. The van der Waals surface area contributed by atoms with Gasteiger partial charge in [0.05, 0.1) is 11.4 Å². The quantitative estimate of drug-likeness (QED) is 0.575. The van der Waals surface area contributed by atoms with E-state index in [-0.39, 0.29) is 17.5 Å². The normalized spacial score (nSPS) is 12.2. The molecule has 7 heteroatoms. The minimum Gasteiger partial charge on any atom is -0.363 e. The zero-order valence-corrected chi connectivity index (χ0v) is 17.8. The molecular formula is C24H26N4O3. The van der Waals surface area contributed by atoms with Gasteiger partial charge in [-0.05, 0) is 23.8 Å². The molecule has 0 aliphatic rings. The van der Waals surface area contributed by atoms with Gasteiger partial charge in [-0.1, -0.05) is 69.3 Å². The minimum atomic E-state index is -1.09. The molecule has 0 radical (unpaired) electrons. The second-order valence-corrected chi connectivity index (χ2v) is 8.36. The van der Waals surface area contributed by atoms with E-state index in [2.05, 4.69) is 10.4 Å². The summed E-state index contributed by atoms with van der Waals surface area (Å²) in [6.07, 6.45) is 0.153. The van der Waals surface area contributed by atoms with E-state index in [1.165, 1.54) is 0 Å². The Morgan fingerprint density at radius 1 is 1.00 bits per heavy atom.